The van der Waals surface area contributed by atoms with E-state index in [1.807, 2.05) is 32.9 Å². The molecule has 0 aliphatic heterocycles. The van der Waals surface area contributed by atoms with E-state index in [0.29, 0.717) is 11.4 Å². The summed E-state index contributed by atoms with van der Waals surface area (Å²) in [5.41, 5.74) is 6.30. The first kappa shape index (κ1) is 15.7. The number of carbonyl (C=O) groups is 1. The highest BCUT2D eigenvalue weighted by atomic mass is 127. The summed E-state index contributed by atoms with van der Waals surface area (Å²) in [5, 5.41) is 0.699. The van der Waals surface area contributed by atoms with E-state index < -0.39 is 11.6 Å². The Morgan fingerprint density at radius 2 is 2.11 bits per heavy atom. The summed E-state index contributed by atoms with van der Waals surface area (Å²) in [7, 11) is 0. The van der Waals surface area contributed by atoms with E-state index in [9.17, 15) is 4.79 Å². The Morgan fingerprint density at radius 1 is 1.50 bits per heavy atom. The third-order valence-corrected chi connectivity index (χ3v) is 3.69. The zero-order valence-electron chi connectivity index (χ0n) is 10.7. The van der Waals surface area contributed by atoms with E-state index in [1.54, 1.807) is 6.07 Å². The zero-order chi connectivity index (χ0) is 13.9. The number of esters is 1. The second-order valence-corrected chi connectivity index (χ2v) is 6.66. The Labute approximate surface area is 126 Å². The van der Waals surface area contributed by atoms with Crippen LogP contribution in [0.1, 0.15) is 26.3 Å². The van der Waals surface area contributed by atoms with Gasteiger partial charge in [0.15, 0.2) is 0 Å². The van der Waals surface area contributed by atoms with Gasteiger partial charge < -0.3 is 10.5 Å². The standard InChI is InChI=1S/C13H17ClINO2/c1-13(2,3)18-12(17)11(16)7-8-4-5-9(14)10(15)6-8/h4-6,11H,7,16H2,1-3H3. The molecule has 100 valence electrons. The topological polar surface area (TPSA) is 52.3 Å². The molecule has 1 unspecified atom stereocenters. The molecule has 3 nitrogen and oxygen atoms in total. The minimum atomic E-state index is -0.652. The molecular formula is C13H17ClINO2. The van der Waals surface area contributed by atoms with Gasteiger partial charge in [0.1, 0.15) is 11.6 Å². The van der Waals surface area contributed by atoms with Gasteiger partial charge in [-0.3, -0.25) is 4.79 Å². The number of rotatable bonds is 3. The second kappa shape index (κ2) is 6.21. The van der Waals surface area contributed by atoms with Crippen LogP contribution < -0.4 is 5.73 Å². The smallest absolute Gasteiger partial charge is 0.323 e. The van der Waals surface area contributed by atoms with Crippen LogP contribution in [0.15, 0.2) is 18.2 Å². The van der Waals surface area contributed by atoms with Gasteiger partial charge >= 0.3 is 5.97 Å². The van der Waals surface area contributed by atoms with Crippen molar-refractivity contribution < 1.29 is 9.53 Å². The summed E-state index contributed by atoms with van der Waals surface area (Å²) < 4.78 is 6.18. The first-order valence-electron chi connectivity index (χ1n) is 5.61. The number of halogens is 2. The molecule has 0 aliphatic carbocycles. The van der Waals surface area contributed by atoms with Gasteiger partial charge in [-0.1, -0.05) is 17.7 Å². The van der Waals surface area contributed by atoms with Crippen molar-refractivity contribution in [3.63, 3.8) is 0 Å². The number of hydrogen-bond acceptors (Lipinski definition) is 3. The summed E-state index contributed by atoms with van der Waals surface area (Å²) in [6, 6.07) is 4.95. The summed E-state index contributed by atoms with van der Waals surface area (Å²) >= 11 is 8.08. The van der Waals surface area contributed by atoms with Gasteiger partial charge in [0.05, 0.1) is 5.02 Å². The van der Waals surface area contributed by atoms with E-state index in [2.05, 4.69) is 22.6 Å². The van der Waals surface area contributed by atoms with Crippen LogP contribution in [0.5, 0.6) is 0 Å². The number of benzene rings is 1. The molecule has 1 rings (SSSR count). The molecule has 0 saturated heterocycles. The van der Waals surface area contributed by atoms with Crippen LogP contribution in [-0.2, 0) is 16.0 Å². The molecule has 1 aromatic carbocycles. The first-order valence-corrected chi connectivity index (χ1v) is 7.07. The predicted octanol–water partition coefficient (Wildman–Crippen LogP) is 3.16. The molecular weight excluding hydrogens is 365 g/mol. The fraction of sp³-hybridized carbons (Fsp3) is 0.462. The molecule has 0 radical (unpaired) electrons. The highest BCUT2D eigenvalue weighted by Crippen LogP contribution is 2.20. The summed E-state index contributed by atoms with van der Waals surface area (Å²) in [4.78, 5) is 11.7. The lowest BCUT2D eigenvalue weighted by molar-refractivity contribution is -0.156. The second-order valence-electron chi connectivity index (χ2n) is 5.09. The highest BCUT2D eigenvalue weighted by molar-refractivity contribution is 14.1. The van der Waals surface area contributed by atoms with Crippen molar-refractivity contribution in [2.24, 2.45) is 5.73 Å². The minimum Gasteiger partial charge on any atom is -0.459 e. The van der Waals surface area contributed by atoms with Crippen molar-refractivity contribution in [1.82, 2.24) is 0 Å². The SMILES string of the molecule is CC(C)(C)OC(=O)C(N)Cc1ccc(Cl)c(I)c1. The Kier molecular flexibility index (Phi) is 5.43. The molecule has 18 heavy (non-hydrogen) atoms. The maximum Gasteiger partial charge on any atom is 0.323 e. The fourth-order valence-corrected chi connectivity index (χ4v) is 2.08. The lowest BCUT2D eigenvalue weighted by atomic mass is 10.1. The molecule has 0 heterocycles. The largest absolute Gasteiger partial charge is 0.459 e. The van der Waals surface area contributed by atoms with Crippen molar-refractivity contribution in [2.75, 3.05) is 0 Å². The van der Waals surface area contributed by atoms with Crippen LogP contribution in [0.25, 0.3) is 0 Å². The molecule has 0 aliphatic rings. The van der Waals surface area contributed by atoms with E-state index in [-0.39, 0.29) is 5.97 Å². The van der Waals surface area contributed by atoms with Crippen LogP contribution in [0.3, 0.4) is 0 Å². The lowest BCUT2D eigenvalue weighted by Gasteiger charge is -2.22. The van der Waals surface area contributed by atoms with Gasteiger partial charge in [0, 0.05) is 3.57 Å². The number of nitrogens with two attached hydrogens (primary N) is 1. The van der Waals surface area contributed by atoms with Crippen molar-refractivity contribution in [3.05, 3.63) is 32.4 Å². The van der Waals surface area contributed by atoms with Gasteiger partial charge in [-0.2, -0.15) is 0 Å². The zero-order valence-corrected chi connectivity index (χ0v) is 13.6. The monoisotopic (exact) mass is 381 g/mol. The number of ether oxygens (including phenoxy) is 1. The molecule has 0 bridgehead atoms. The van der Waals surface area contributed by atoms with Crippen molar-refractivity contribution >= 4 is 40.2 Å². The van der Waals surface area contributed by atoms with Crippen LogP contribution in [0.4, 0.5) is 0 Å². The number of hydrogen-bond donors (Lipinski definition) is 1. The van der Waals surface area contributed by atoms with Gasteiger partial charge in [0.25, 0.3) is 0 Å². The fourth-order valence-electron chi connectivity index (χ4n) is 1.38. The highest BCUT2D eigenvalue weighted by Gasteiger charge is 2.22. The minimum absolute atomic E-state index is 0.382. The van der Waals surface area contributed by atoms with Crippen molar-refractivity contribution in [1.29, 1.82) is 0 Å². The average Bonchev–Trinajstić information content (AvgIpc) is 2.21. The third-order valence-electron chi connectivity index (χ3n) is 2.15. The summed E-state index contributed by atoms with van der Waals surface area (Å²) in [6.45, 7) is 5.47. The van der Waals surface area contributed by atoms with Crippen LogP contribution in [-0.4, -0.2) is 17.6 Å². The third kappa shape index (κ3) is 5.12. The Morgan fingerprint density at radius 3 is 2.61 bits per heavy atom. The predicted molar refractivity (Wildman–Crippen MR) is 81.7 cm³/mol. The molecule has 1 atom stereocenters. The average molecular weight is 382 g/mol. The van der Waals surface area contributed by atoms with Crippen molar-refractivity contribution in [2.45, 2.75) is 38.8 Å². The molecule has 0 aromatic heterocycles. The Bertz CT molecular complexity index is 443. The Balaban J connectivity index is 2.66. The van der Waals surface area contributed by atoms with E-state index in [0.717, 1.165) is 9.13 Å². The lowest BCUT2D eigenvalue weighted by Crippen LogP contribution is -2.38. The first-order chi connectivity index (χ1) is 8.19. The molecule has 0 amide bonds. The molecule has 5 heteroatoms. The van der Waals surface area contributed by atoms with E-state index in [1.165, 1.54) is 0 Å². The quantitative estimate of drug-likeness (QED) is 0.646. The van der Waals surface area contributed by atoms with Crippen LogP contribution >= 0.6 is 34.2 Å². The van der Waals surface area contributed by atoms with Crippen molar-refractivity contribution in [3.8, 4) is 0 Å². The normalized spacial score (nSPS) is 13.2. The van der Waals surface area contributed by atoms with Crippen LogP contribution in [0.2, 0.25) is 5.02 Å². The van der Waals surface area contributed by atoms with Crippen LogP contribution in [0, 0.1) is 3.57 Å². The van der Waals surface area contributed by atoms with Gasteiger partial charge in [0.2, 0.25) is 0 Å². The van der Waals surface area contributed by atoms with Gasteiger partial charge in [-0.05, 0) is 67.5 Å². The van der Waals surface area contributed by atoms with Gasteiger partial charge in [-0.15, -0.1) is 0 Å². The summed E-state index contributed by atoms with van der Waals surface area (Å²) in [5.74, 6) is -0.382. The van der Waals surface area contributed by atoms with Gasteiger partial charge in [-0.25, -0.2) is 0 Å². The molecule has 2 N–H and O–H groups in total. The molecule has 0 fully saturated rings. The maximum absolute atomic E-state index is 11.7. The molecule has 0 spiro atoms. The molecule has 1 aromatic rings. The molecule has 0 saturated carbocycles. The maximum atomic E-state index is 11.7. The van der Waals surface area contributed by atoms with E-state index >= 15 is 0 Å². The Hall–Kier alpha value is -0.330. The van der Waals surface area contributed by atoms with E-state index in [4.69, 9.17) is 22.1 Å². The number of carbonyl (C=O) groups excluding carboxylic acids is 1. The summed E-state index contributed by atoms with van der Waals surface area (Å²) in [6.07, 6.45) is 0.447.